The monoisotopic (exact) mass is 359 g/mol. The first-order valence-electron chi connectivity index (χ1n) is 7.79. The van der Waals surface area contributed by atoms with Crippen LogP contribution in [0.25, 0.3) is 5.82 Å². The minimum Gasteiger partial charge on any atom is -0.292 e. The molecule has 3 aromatic heterocycles. The molecule has 3 aromatic rings. The van der Waals surface area contributed by atoms with Crippen molar-refractivity contribution in [2.24, 2.45) is 0 Å². The van der Waals surface area contributed by atoms with Crippen molar-refractivity contribution in [2.75, 3.05) is 11.4 Å². The zero-order valence-corrected chi connectivity index (χ0v) is 13.3. The van der Waals surface area contributed by atoms with Crippen LogP contribution in [0.15, 0.2) is 48.8 Å². The highest BCUT2D eigenvalue weighted by molar-refractivity contribution is 6.07. The van der Waals surface area contributed by atoms with Gasteiger partial charge in [0.05, 0.1) is 11.3 Å². The Bertz CT molecular complexity index is 968. The maximum absolute atomic E-state index is 12.9. The Labute approximate surface area is 145 Å². The van der Waals surface area contributed by atoms with Gasteiger partial charge in [-0.25, -0.2) is 14.6 Å². The first-order chi connectivity index (χ1) is 12.4. The highest BCUT2D eigenvalue weighted by Crippen LogP contribution is 2.30. The van der Waals surface area contributed by atoms with Crippen LogP contribution in [0.4, 0.5) is 19.0 Å². The number of pyridine rings is 2. The predicted molar refractivity (Wildman–Crippen MR) is 86.0 cm³/mol. The Kier molecular flexibility index (Phi) is 3.71. The fourth-order valence-electron chi connectivity index (χ4n) is 2.79. The number of halogens is 3. The van der Waals surface area contributed by atoms with Crippen molar-refractivity contribution in [3.05, 3.63) is 65.7 Å². The molecule has 0 N–H and O–H groups in total. The number of hydrogen-bond acceptors (Lipinski definition) is 4. The number of carbonyl (C=O) groups excluding carboxylic acids is 1. The highest BCUT2D eigenvalue weighted by Gasteiger charge is 2.34. The summed E-state index contributed by atoms with van der Waals surface area (Å²) in [6, 6.07) is 8.81. The second-order valence-electron chi connectivity index (χ2n) is 5.71. The normalized spacial score (nSPS) is 14.4. The van der Waals surface area contributed by atoms with E-state index in [1.165, 1.54) is 21.7 Å². The molecular formula is C17H12F3N5O. The Morgan fingerprint density at radius 3 is 2.58 bits per heavy atom. The molecule has 4 rings (SSSR count). The average molecular weight is 359 g/mol. The fraction of sp³-hybridized carbons (Fsp3) is 0.176. The molecule has 0 aliphatic carbocycles. The maximum atomic E-state index is 12.9. The van der Waals surface area contributed by atoms with Gasteiger partial charge in [0.15, 0.2) is 5.82 Å². The van der Waals surface area contributed by atoms with Gasteiger partial charge in [0.2, 0.25) is 0 Å². The Morgan fingerprint density at radius 1 is 1.04 bits per heavy atom. The summed E-state index contributed by atoms with van der Waals surface area (Å²) in [6.45, 7) is 0.208. The lowest BCUT2D eigenvalue weighted by atomic mass is 10.1. The van der Waals surface area contributed by atoms with E-state index in [0.29, 0.717) is 23.5 Å². The molecule has 4 heterocycles. The molecule has 9 heteroatoms. The van der Waals surface area contributed by atoms with Crippen LogP contribution in [0.3, 0.4) is 0 Å². The van der Waals surface area contributed by atoms with E-state index in [-0.39, 0.29) is 12.4 Å². The van der Waals surface area contributed by atoms with Crippen LogP contribution in [0, 0.1) is 0 Å². The topological polar surface area (TPSA) is 63.9 Å². The molecule has 1 amide bonds. The van der Waals surface area contributed by atoms with Crippen LogP contribution in [0.2, 0.25) is 0 Å². The summed E-state index contributed by atoms with van der Waals surface area (Å²) < 4.78 is 40.1. The molecule has 0 radical (unpaired) electrons. The Morgan fingerprint density at radius 2 is 1.85 bits per heavy atom. The quantitative estimate of drug-likeness (QED) is 0.706. The molecule has 0 saturated heterocycles. The molecule has 0 fully saturated rings. The molecule has 0 bridgehead atoms. The van der Waals surface area contributed by atoms with E-state index in [2.05, 4.69) is 15.1 Å². The van der Waals surface area contributed by atoms with E-state index < -0.39 is 17.8 Å². The van der Waals surface area contributed by atoms with Crippen LogP contribution in [0.5, 0.6) is 0 Å². The molecule has 26 heavy (non-hydrogen) atoms. The summed E-state index contributed by atoms with van der Waals surface area (Å²) in [6.07, 6.45) is -1.00. The van der Waals surface area contributed by atoms with E-state index in [1.807, 2.05) is 0 Å². The molecule has 0 unspecified atom stereocenters. The van der Waals surface area contributed by atoms with Gasteiger partial charge in [-0.05, 0) is 24.3 Å². The summed E-state index contributed by atoms with van der Waals surface area (Å²) >= 11 is 0. The van der Waals surface area contributed by atoms with Gasteiger partial charge < -0.3 is 0 Å². The zero-order valence-electron chi connectivity index (χ0n) is 13.3. The van der Waals surface area contributed by atoms with Gasteiger partial charge in [0, 0.05) is 25.4 Å². The number of carbonyl (C=O) groups is 1. The van der Waals surface area contributed by atoms with Crippen molar-refractivity contribution in [3.8, 4) is 5.82 Å². The smallest absolute Gasteiger partial charge is 0.292 e. The van der Waals surface area contributed by atoms with Crippen LogP contribution < -0.4 is 4.90 Å². The SMILES string of the molecule is O=C1c2cn(-c3ccccn3)nc2CCN1c1cccc(C(F)(F)F)n1. The third-order valence-corrected chi connectivity index (χ3v) is 4.02. The van der Waals surface area contributed by atoms with Crippen LogP contribution in [-0.4, -0.2) is 32.2 Å². The molecule has 0 atom stereocenters. The van der Waals surface area contributed by atoms with E-state index in [0.717, 1.165) is 6.07 Å². The number of rotatable bonds is 2. The van der Waals surface area contributed by atoms with Crippen molar-refractivity contribution in [2.45, 2.75) is 12.6 Å². The van der Waals surface area contributed by atoms with E-state index in [9.17, 15) is 18.0 Å². The summed E-state index contributed by atoms with van der Waals surface area (Å²) in [5.74, 6) is 0.0970. The fourth-order valence-corrected chi connectivity index (χ4v) is 2.79. The summed E-state index contributed by atoms with van der Waals surface area (Å²) in [5.41, 5.74) is -0.109. The lowest BCUT2D eigenvalue weighted by molar-refractivity contribution is -0.141. The van der Waals surface area contributed by atoms with Gasteiger partial charge in [0.25, 0.3) is 5.91 Å². The number of hydrogen-bond donors (Lipinski definition) is 0. The molecular weight excluding hydrogens is 347 g/mol. The lowest BCUT2D eigenvalue weighted by Gasteiger charge is -2.25. The van der Waals surface area contributed by atoms with Gasteiger partial charge in [0.1, 0.15) is 11.5 Å². The van der Waals surface area contributed by atoms with Crippen molar-refractivity contribution in [3.63, 3.8) is 0 Å². The van der Waals surface area contributed by atoms with Gasteiger partial charge in [-0.2, -0.15) is 18.3 Å². The molecule has 0 aromatic carbocycles. The third-order valence-electron chi connectivity index (χ3n) is 4.02. The highest BCUT2D eigenvalue weighted by atomic mass is 19.4. The number of alkyl halides is 3. The van der Waals surface area contributed by atoms with Gasteiger partial charge in [-0.3, -0.25) is 9.69 Å². The van der Waals surface area contributed by atoms with Crippen molar-refractivity contribution in [1.82, 2.24) is 19.7 Å². The molecule has 1 aliphatic heterocycles. The number of nitrogens with zero attached hydrogens (tertiary/aromatic N) is 5. The summed E-state index contributed by atoms with van der Waals surface area (Å²) in [7, 11) is 0. The lowest BCUT2D eigenvalue weighted by Crippen LogP contribution is -2.38. The number of fused-ring (bicyclic) bond motifs is 1. The second kappa shape index (κ2) is 5.94. The predicted octanol–water partition coefficient (Wildman–Crippen LogP) is 2.88. The minimum atomic E-state index is -4.57. The van der Waals surface area contributed by atoms with Crippen molar-refractivity contribution < 1.29 is 18.0 Å². The first kappa shape index (κ1) is 16.2. The maximum Gasteiger partial charge on any atom is 0.433 e. The number of aromatic nitrogens is 4. The third kappa shape index (κ3) is 2.81. The van der Waals surface area contributed by atoms with E-state index >= 15 is 0 Å². The molecule has 1 aliphatic rings. The van der Waals surface area contributed by atoms with E-state index in [1.54, 1.807) is 30.6 Å². The summed E-state index contributed by atoms with van der Waals surface area (Å²) in [4.78, 5) is 21.8. The second-order valence-corrected chi connectivity index (χ2v) is 5.71. The standard InChI is InChI=1S/C17H12F3N5O/c18-17(19,20)13-4-3-6-15(22-13)24-9-7-12-11(16(24)26)10-25(23-12)14-5-1-2-8-21-14/h1-6,8,10H,7,9H2. The van der Waals surface area contributed by atoms with Crippen LogP contribution in [0.1, 0.15) is 21.7 Å². The number of amides is 1. The van der Waals surface area contributed by atoms with Crippen molar-refractivity contribution in [1.29, 1.82) is 0 Å². The number of anilines is 1. The average Bonchev–Trinajstić information content (AvgIpc) is 3.07. The largest absolute Gasteiger partial charge is 0.433 e. The first-order valence-corrected chi connectivity index (χ1v) is 7.79. The van der Waals surface area contributed by atoms with E-state index in [4.69, 9.17) is 0 Å². The van der Waals surface area contributed by atoms with Gasteiger partial charge in [-0.15, -0.1) is 0 Å². The van der Waals surface area contributed by atoms with Crippen LogP contribution in [-0.2, 0) is 12.6 Å². The van der Waals surface area contributed by atoms with Gasteiger partial charge in [-0.1, -0.05) is 12.1 Å². The Balaban J connectivity index is 1.68. The molecule has 6 nitrogen and oxygen atoms in total. The van der Waals surface area contributed by atoms with Crippen molar-refractivity contribution >= 4 is 11.7 Å². The van der Waals surface area contributed by atoms with Crippen LogP contribution >= 0.6 is 0 Å². The molecule has 0 spiro atoms. The Hall–Kier alpha value is -3.23. The molecule has 132 valence electrons. The molecule has 0 saturated carbocycles. The van der Waals surface area contributed by atoms with Gasteiger partial charge >= 0.3 is 6.18 Å². The zero-order chi connectivity index (χ0) is 18.3. The summed E-state index contributed by atoms with van der Waals surface area (Å²) in [5, 5.41) is 4.36. The minimum absolute atomic E-state index is 0.0268.